The molecule has 0 bridgehead atoms. The number of hydrogen-bond acceptors (Lipinski definition) is 3. The number of benzene rings is 2. The zero-order valence-corrected chi connectivity index (χ0v) is 13.3. The van der Waals surface area contributed by atoms with Crippen LogP contribution in [0.25, 0.3) is 5.69 Å². The van der Waals surface area contributed by atoms with E-state index in [1.165, 1.54) is 0 Å². The van der Waals surface area contributed by atoms with Gasteiger partial charge in [0, 0.05) is 17.9 Å². The van der Waals surface area contributed by atoms with Gasteiger partial charge in [0.05, 0.1) is 19.0 Å². The molecule has 1 unspecified atom stereocenters. The maximum atomic E-state index is 12.2. The van der Waals surface area contributed by atoms with E-state index in [2.05, 4.69) is 22.5 Å². The minimum atomic E-state index is 0.00612. The average molecular weight is 319 g/mol. The summed E-state index contributed by atoms with van der Waals surface area (Å²) >= 11 is 0. The third kappa shape index (κ3) is 2.44. The largest absolute Gasteiger partial charge is 0.497 e. The Morgan fingerprint density at radius 1 is 1.12 bits per heavy atom. The SMILES string of the molecule is COc1ccc(-n2ncc3c2NC(=O)CC3c2ccccc2)cc1. The smallest absolute Gasteiger partial charge is 0.226 e. The Kier molecular flexibility index (Phi) is 3.54. The first-order chi connectivity index (χ1) is 11.8. The molecule has 1 amide bonds. The highest BCUT2D eigenvalue weighted by Crippen LogP contribution is 2.37. The molecule has 1 aliphatic heterocycles. The van der Waals surface area contributed by atoms with Crippen LogP contribution in [-0.2, 0) is 4.79 Å². The lowest BCUT2D eigenvalue weighted by Gasteiger charge is -2.23. The molecule has 1 N–H and O–H groups in total. The fourth-order valence-corrected chi connectivity index (χ4v) is 3.12. The number of nitrogens with zero attached hydrogens (tertiary/aromatic N) is 2. The van der Waals surface area contributed by atoms with Crippen LogP contribution >= 0.6 is 0 Å². The summed E-state index contributed by atoms with van der Waals surface area (Å²) in [6, 6.07) is 17.7. The molecule has 1 aromatic heterocycles. The molecule has 120 valence electrons. The van der Waals surface area contributed by atoms with E-state index < -0.39 is 0 Å². The highest BCUT2D eigenvalue weighted by atomic mass is 16.5. The van der Waals surface area contributed by atoms with Gasteiger partial charge < -0.3 is 10.1 Å². The lowest BCUT2D eigenvalue weighted by atomic mass is 9.87. The number of fused-ring (bicyclic) bond motifs is 1. The third-order valence-electron chi connectivity index (χ3n) is 4.34. The molecule has 5 nitrogen and oxygen atoms in total. The molecular formula is C19H17N3O2. The molecule has 0 aliphatic carbocycles. The summed E-state index contributed by atoms with van der Waals surface area (Å²) in [4.78, 5) is 12.2. The van der Waals surface area contributed by atoms with Crippen molar-refractivity contribution in [2.75, 3.05) is 12.4 Å². The molecule has 0 fully saturated rings. The van der Waals surface area contributed by atoms with Crippen molar-refractivity contribution >= 4 is 11.7 Å². The standard InChI is InChI=1S/C19H17N3O2/c1-24-15-9-7-14(8-10-15)22-19-17(12-20-22)16(11-18(23)21-19)13-5-3-2-4-6-13/h2-10,12,16H,11H2,1H3,(H,21,23). The van der Waals surface area contributed by atoms with Gasteiger partial charge in [-0.25, -0.2) is 4.68 Å². The number of amides is 1. The first-order valence-electron chi connectivity index (χ1n) is 7.83. The van der Waals surface area contributed by atoms with Crippen LogP contribution in [0.2, 0.25) is 0 Å². The van der Waals surface area contributed by atoms with Crippen LogP contribution in [-0.4, -0.2) is 22.8 Å². The number of anilines is 1. The highest BCUT2D eigenvalue weighted by molar-refractivity contribution is 5.94. The van der Waals surface area contributed by atoms with Crippen LogP contribution < -0.4 is 10.1 Å². The quantitative estimate of drug-likeness (QED) is 0.805. The van der Waals surface area contributed by atoms with E-state index in [9.17, 15) is 4.79 Å². The Labute approximate surface area is 139 Å². The number of rotatable bonds is 3. The molecule has 2 aromatic carbocycles. The Morgan fingerprint density at radius 3 is 2.58 bits per heavy atom. The lowest BCUT2D eigenvalue weighted by Crippen LogP contribution is -2.24. The summed E-state index contributed by atoms with van der Waals surface area (Å²) < 4.78 is 6.96. The third-order valence-corrected chi connectivity index (χ3v) is 4.34. The number of ether oxygens (including phenoxy) is 1. The lowest BCUT2D eigenvalue weighted by molar-refractivity contribution is -0.116. The van der Waals surface area contributed by atoms with Crippen molar-refractivity contribution < 1.29 is 9.53 Å². The predicted molar refractivity (Wildman–Crippen MR) is 91.6 cm³/mol. The van der Waals surface area contributed by atoms with Gasteiger partial charge in [0.25, 0.3) is 0 Å². The number of carbonyl (C=O) groups excluding carboxylic acids is 1. The summed E-state index contributed by atoms with van der Waals surface area (Å²) in [6.07, 6.45) is 2.28. The number of hydrogen-bond donors (Lipinski definition) is 1. The predicted octanol–water partition coefficient (Wildman–Crippen LogP) is 3.36. The number of aromatic nitrogens is 2. The van der Waals surface area contributed by atoms with Gasteiger partial charge in [0.15, 0.2) is 0 Å². The zero-order valence-electron chi connectivity index (χ0n) is 13.3. The van der Waals surface area contributed by atoms with Crippen molar-refractivity contribution in [3.63, 3.8) is 0 Å². The first kappa shape index (κ1) is 14.5. The molecule has 0 radical (unpaired) electrons. The molecule has 0 saturated heterocycles. The summed E-state index contributed by atoms with van der Waals surface area (Å²) in [5.74, 6) is 1.56. The van der Waals surface area contributed by atoms with Crippen molar-refractivity contribution in [1.29, 1.82) is 0 Å². The molecule has 0 saturated carbocycles. The average Bonchev–Trinajstić information content (AvgIpc) is 3.05. The minimum absolute atomic E-state index is 0.00612. The Hall–Kier alpha value is -3.08. The van der Waals surface area contributed by atoms with Crippen LogP contribution in [0.1, 0.15) is 23.5 Å². The van der Waals surface area contributed by atoms with Gasteiger partial charge in [-0.3, -0.25) is 4.79 Å². The van der Waals surface area contributed by atoms with Crippen molar-refractivity contribution in [2.24, 2.45) is 0 Å². The second-order valence-corrected chi connectivity index (χ2v) is 5.77. The van der Waals surface area contributed by atoms with Gasteiger partial charge >= 0.3 is 0 Å². The second kappa shape index (κ2) is 5.85. The van der Waals surface area contributed by atoms with E-state index in [1.54, 1.807) is 11.8 Å². The molecule has 1 aliphatic rings. The molecule has 4 rings (SSSR count). The Morgan fingerprint density at radius 2 is 1.88 bits per heavy atom. The second-order valence-electron chi connectivity index (χ2n) is 5.77. The maximum absolute atomic E-state index is 12.2. The van der Waals surface area contributed by atoms with Gasteiger partial charge in [-0.2, -0.15) is 5.10 Å². The fraction of sp³-hybridized carbons (Fsp3) is 0.158. The van der Waals surface area contributed by atoms with Crippen LogP contribution in [0.5, 0.6) is 5.75 Å². The van der Waals surface area contributed by atoms with Crippen LogP contribution in [0.4, 0.5) is 5.82 Å². The molecule has 0 spiro atoms. The van der Waals surface area contributed by atoms with Gasteiger partial charge in [0.2, 0.25) is 5.91 Å². The van der Waals surface area contributed by atoms with Crippen LogP contribution in [0.15, 0.2) is 60.8 Å². The molecule has 1 atom stereocenters. The maximum Gasteiger partial charge on any atom is 0.226 e. The first-order valence-corrected chi connectivity index (χ1v) is 7.83. The van der Waals surface area contributed by atoms with E-state index in [4.69, 9.17) is 4.74 Å². The topological polar surface area (TPSA) is 56.1 Å². The van der Waals surface area contributed by atoms with Gasteiger partial charge in [-0.1, -0.05) is 30.3 Å². The van der Waals surface area contributed by atoms with E-state index >= 15 is 0 Å². The van der Waals surface area contributed by atoms with Gasteiger partial charge in [0.1, 0.15) is 11.6 Å². The summed E-state index contributed by atoms with van der Waals surface area (Å²) in [5.41, 5.74) is 3.05. The van der Waals surface area contributed by atoms with E-state index in [0.29, 0.717) is 6.42 Å². The number of nitrogens with one attached hydrogen (secondary N) is 1. The van der Waals surface area contributed by atoms with E-state index in [1.807, 2.05) is 48.7 Å². The van der Waals surface area contributed by atoms with Crippen molar-refractivity contribution in [3.05, 3.63) is 71.9 Å². The molecule has 2 heterocycles. The van der Waals surface area contributed by atoms with Gasteiger partial charge in [-0.05, 0) is 29.8 Å². The number of methoxy groups -OCH3 is 1. The minimum Gasteiger partial charge on any atom is -0.497 e. The van der Waals surface area contributed by atoms with Crippen LogP contribution in [0.3, 0.4) is 0 Å². The fourth-order valence-electron chi connectivity index (χ4n) is 3.12. The van der Waals surface area contributed by atoms with Crippen LogP contribution in [0, 0.1) is 0 Å². The number of carbonyl (C=O) groups is 1. The molecular weight excluding hydrogens is 302 g/mol. The molecule has 5 heteroatoms. The Bertz CT molecular complexity index is 869. The molecule has 3 aromatic rings. The van der Waals surface area contributed by atoms with Crippen molar-refractivity contribution in [2.45, 2.75) is 12.3 Å². The van der Waals surface area contributed by atoms with Gasteiger partial charge in [-0.15, -0.1) is 0 Å². The monoisotopic (exact) mass is 319 g/mol. The summed E-state index contributed by atoms with van der Waals surface area (Å²) in [5, 5.41) is 7.46. The summed E-state index contributed by atoms with van der Waals surface area (Å²) in [6.45, 7) is 0. The van der Waals surface area contributed by atoms with Crippen molar-refractivity contribution in [3.8, 4) is 11.4 Å². The van der Waals surface area contributed by atoms with E-state index in [0.717, 1.165) is 28.4 Å². The normalized spacial score (nSPS) is 16.4. The summed E-state index contributed by atoms with van der Waals surface area (Å²) in [7, 11) is 1.63. The highest BCUT2D eigenvalue weighted by Gasteiger charge is 2.30. The van der Waals surface area contributed by atoms with Crippen molar-refractivity contribution in [1.82, 2.24) is 9.78 Å². The zero-order chi connectivity index (χ0) is 16.5. The van der Waals surface area contributed by atoms with E-state index in [-0.39, 0.29) is 11.8 Å². The molecule has 24 heavy (non-hydrogen) atoms. The Balaban J connectivity index is 1.78.